The van der Waals surface area contributed by atoms with Gasteiger partial charge in [0.15, 0.2) is 5.79 Å². The second-order valence-electron chi connectivity index (χ2n) is 10.4. The monoisotopic (exact) mass is 445 g/mol. The first kappa shape index (κ1) is 26.4. The van der Waals surface area contributed by atoms with Gasteiger partial charge in [-0.1, -0.05) is 75.4 Å². The molecule has 1 saturated heterocycles. The Hall–Kier alpha value is -1.85. The Balaban J connectivity index is 1.98. The van der Waals surface area contributed by atoms with Crippen molar-refractivity contribution in [2.75, 3.05) is 13.2 Å². The molecule has 0 atom stereocenters. The quantitative estimate of drug-likeness (QED) is 0.410. The number of benzene rings is 1. The van der Waals surface area contributed by atoms with E-state index in [1.807, 2.05) is 46.8 Å². The van der Waals surface area contributed by atoms with E-state index in [1.165, 1.54) is 44.1 Å². The first-order valence-electron chi connectivity index (χ1n) is 12.1. The van der Waals surface area contributed by atoms with Crippen molar-refractivity contribution < 1.29 is 19.0 Å². The maximum Gasteiger partial charge on any atom is 0.408 e. The van der Waals surface area contributed by atoms with Gasteiger partial charge in [0.25, 0.3) is 0 Å². The minimum absolute atomic E-state index is 0.311. The van der Waals surface area contributed by atoms with Gasteiger partial charge < -0.3 is 19.5 Å². The average molecular weight is 446 g/mol. The third-order valence-corrected chi connectivity index (χ3v) is 5.50. The zero-order valence-electron chi connectivity index (χ0n) is 21.0. The molecule has 0 saturated carbocycles. The number of hydrogen-bond acceptors (Lipinski definition) is 4. The lowest BCUT2D eigenvalue weighted by Crippen LogP contribution is -2.60. The summed E-state index contributed by atoms with van der Waals surface area (Å²) in [5.41, 5.74) is 1.09. The van der Waals surface area contributed by atoms with E-state index in [4.69, 9.17) is 14.2 Å². The van der Waals surface area contributed by atoms with Crippen molar-refractivity contribution in [2.45, 2.75) is 103 Å². The van der Waals surface area contributed by atoms with Crippen molar-refractivity contribution in [3.8, 4) is 0 Å². The molecule has 0 bridgehead atoms. The van der Waals surface area contributed by atoms with Gasteiger partial charge in [-0.15, -0.1) is 0 Å². The molecule has 0 aromatic heterocycles. The van der Waals surface area contributed by atoms with Crippen LogP contribution in [-0.4, -0.2) is 36.2 Å². The van der Waals surface area contributed by atoms with E-state index >= 15 is 0 Å². The molecule has 1 N–H and O–H groups in total. The molecule has 1 fully saturated rings. The fourth-order valence-electron chi connectivity index (χ4n) is 3.57. The Kier molecular flexibility index (Phi) is 9.78. The second kappa shape index (κ2) is 11.9. The molecule has 180 valence electrons. The number of unbranched alkanes of at least 4 members (excludes halogenated alkanes) is 5. The van der Waals surface area contributed by atoms with Gasteiger partial charge in [0, 0.05) is 0 Å². The summed E-state index contributed by atoms with van der Waals surface area (Å²) in [5, 5.41) is 2.96. The molecule has 0 aliphatic carbocycles. The maximum atomic E-state index is 12.5. The summed E-state index contributed by atoms with van der Waals surface area (Å²) >= 11 is 0. The van der Waals surface area contributed by atoms with Crippen molar-refractivity contribution in [3.05, 3.63) is 41.5 Å². The summed E-state index contributed by atoms with van der Waals surface area (Å²) in [4.78, 5) is 12.5. The number of alkyl carbamates (subject to hydrolysis) is 1. The topological polar surface area (TPSA) is 56.8 Å². The van der Waals surface area contributed by atoms with Crippen LogP contribution in [0.15, 0.2) is 30.3 Å². The lowest BCUT2D eigenvalue weighted by atomic mass is 9.97. The molecule has 0 spiro atoms. The highest BCUT2D eigenvalue weighted by atomic mass is 16.7. The molecule has 1 aliphatic rings. The minimum Gasteiger partial charge on any atom is -0.444 e. The van der Waals surface area contributed by atoms with Crippen LogP contribution in [0.4, 0.5) is 4.79 Å². The van der Waals surface area contributed by atoms with E-state index in [1.54, 1.807) is 0 Å². The van der Waals surface area contributed by atoms with Gasteiger partial charge in [-0.3, -0.25) is 0 Å². The van der Waals surface area contributed by atoms with Gasteiger partial charge in [-0.25, -0.2) is 4.79 Å². The Labute approximate surface area is 194 Å². The molecule has 1 aromatic carbocycles. The van der Waals surface area contributed by atoms with Crippen molar-refractivity contribution in [1.82, 2.24) is 5.32 Å². The van der Waals surface area contributed by atoms with E-state index in [0.717, 1.165) is 12.0 Å². The highest BCUT2D eigenvalue weighted by Crippen LogP contribution is 2.26. The van der Waals surface area contributed by atoms with E-state index in [2.05, 4.69) is 36.5 Å². The summed E-state index contributed by atoms with van der Waals surface area (Å²) in [6.07, 6.45) is 12.5. The fourth-order valence-corrected chi connectivity index (χ4v) is 3.57. The summed E-state index contributed by atoms with van der Waals surface area (Å²) in [6, 6.07) is 8.63. The Morgan fingerprint density at radius 2 is 1.62 bits per heavy atom. The largest absolute Gasteiger partial charge is 0.444 e. The second-order valence-corrected chi connectivity index (χ2v) is 10.4. The number of nitrogens with one attached hydrogen (secondary N) is 1. The molecule has 2 rings (SSSR count). The first-order chi connectivity index (χ1) is 15.0. The zero-order valence-corrected chi connectivity index (χ0v) is 21.0. The lowest BCUT2D eigenvalue weighted by Gasteiger charge is -2.42. The molecule has 0 radical (unpaired) electrons. The Morgan fingerprint density at radius 3 is 2.22 bits per heavy atom. The smallest absolute Gasteiger partial charge is 0.408 e. The molecular formula is C27H43NO4. The van der Waals surface area contributed by atoms with Crippen LogP contribution in [-0.2, 0) is 20.6 Å². The Morgan fingerprint density at radius 1 is 1.03 bits per heavy atom. The van der Waals surface area contributed by atoms with Gasteiger partial charge in [-0.05, 0) is 58.6 Å². The van der Waals surface area contributed by atoms with Crippen LogP contribution >= 0.6 is 0 Å². The summed E-state index contributed by atoms with van der Waals surface area (Å²) in [5.74, 6) is -0.675. The van der Waals surface area contributed by atoms with Gasteiger partial charge in [0.2, 0.25) is 0 Å². The van der Waals surface area contributed by atoms with Crippen LogP contribution in [0.3, 0.4) is 0 Å². The van der Waals surface area contributed by atoms with Gasteiger partial charge in [0.1, 0.15) is 11.1 Å². The van der Waals surface area contributed by atoms with Crippen LogP contribution in [0.25, 0.3) is 6.08 Å². The predicted molar refractivity (Wildman–Crippen MR) is 131 cm³/mol. The third kappa shape index (κ3) is 9.74. The molecular weight excluding hydrogens is 402 g/mol. The summed E-state index contributed by atoms with van der Waals surface area (Å²) in [7, 11) is 0. The van der Waals surface area contributed by atoms with E-state index in [9.17, 15) is 4.79 Å². The lowest BCUT2D eigenvalue weighted by molar-refractivity contribution is -0.263. The summed E-state index contributed by atoms with van der Waals surface area (Å²) < 4.78 is 17.2. The number of hydrogen-bond donors (Lipinski definition) is 1. The maximum absolute atomic E-state index is 12.5. The molecule has 32 heavy (non-hydrogen) atoms. The average Bonchev–Trinajstić information content (AvgIpc) is 2.71. The fraction of sp³-hybridized carbons (Fsp3) is 0.667. The number of rotatable bonds is 10. The highest BCUT2D eigenvalue weighted by molar-refractivity contribution is 5.70. The van der Waals surface area contributed by atoms with E-state index < -0.39 is 23.0 Å². The minimum atomic E-state index is -0.783. The van der Waals surface area contributed by atoms with Crippen LogP contribution in [0.2, 0.25) is 0 Å². The summed E-state index contributed by atoms with van der Waals surface area (Å²) in [6.45, 7) is 12.2. The highest BCUT2D eigenvalue weighted by Gasteiger charge is 2.40. The van der Waals surface area contributed by atoms with Crippen LogP contribution < -0.4 is 5.32 Å². The zero-order chi connectivity index (χ0) is 23.7. The Bertz CT molecular complexity index is 721. The van der Waals surface area contributed by atoms with Crippen LogP contribution in [0.5, 0.6) is 0 Å². The standard InChI is InChI=1S/C27H43NO4/c1-7-8-9-10-11-12-13-22-14-16-23(17-15-22)18-19-27(20-30-26(5,6)31-21-27)28-24(29)32-25(2,3)4/h14-19H,7-13,20-21H2,1-6H3,(H,28,29)/b19-18+. The molecule has 1 heterocycles. The van der Waals surface area contributed by atoms with Crippen molar-refractivity contribution >= 4 is 12.2 Å². The molecule has 1 aliphatic heterocycles. The third-order valence-electron chi connectivity index (χ3n) is 5.50. The van der Waals surface area contributed by atoms with Crippen molar-refractivity contribution in [2.24, 2.45) is 0 Å². The first-order valence-corrected chi connectivity index (χ1v) is 12.1. The normalized spacial score (nSPS) is 17.9. The number of ether oxygens (including phenoxy) is 3. The number of carbonyl (C=O) groups excluding carboxylic acids is 1. The van der Waals surface area contributed by atoms with Gasteiger partial charge in [0.05, 0.1) is 13.2 Å². The van der Waals surface area contributed by atoms with Crippen molar-refractivity contribution in [3.63, 3.8) is 0 Å². The molecule has 5 heteroatoms. The van der Waals surface area contributed by atoms with Gasteiger partial charge in [-0.2, -0.15) is 0 Å². The van der Waals surface area contributed by atoms with Gasteiger partial charge >= 0.3 is 6.09 Å². The number of carbonyl (C=O) groups is 1. The van der Waals surface area contributed by atoms with E-state index in [0.29, 0.717) is 13.2 Å². The molecule has 1 amide bonds. The molecule has 1 aromatic rings. The molecule has 5 nitrogen and oxygen atoms in total. The SMILES string of the molecule is CCCCCCCCc1ccc(/C=C/C2(NC(=O)OC(C)(C)C)COC(C)(C)OC2)cc1. The van der Waals surface area contributed by atoms with Crippen molar-refractivity contribution in [1.29, 1.82) is 0 Å². The van der Waals surface area contributed by atoms with Crippen LogP contribution in [0, 0.1) is 0 Å². The van der Waals surface area contributed by atoms with Crippen LogP contribution in [0.1, 0.15) is 91.2 Å². The number of aryl methyl sites for hydroxylation is 1. The van der Waals surface area contributed by atoms with E-state index in [-0.39, 0.29) is 0 Å². The number of amides is 1. The predicted octanol–water partition coefficient (Wildman–Crippen LogP) is 6.65. The molecule has 0 unspecified atom stereocenters.